The summed E-state index contributed by atoms with van der Waals surface area (Å²) in [5.41, 5.74) is 0.219. The van der Waals surface area contributed by atoms with Gasteiger partial charge in [-0.3, -0.25) is 9.48 Å². The number of hydrogen-bond donors (Lipinski definition) is 1. The van der Waals surface area contributed by atoms with Crippen LogP contribution in [0.25, 0.3) is 0 Å². The summed E-state index contributed by atoms with van der Waals surface area (Å²) in [5.74, 6) is -0.359. The monoisotopic (exact) mass is 354 g/mol. The lowest BCUT2D eigenvalue weighted by Gasteiger charge is -2.16. The topological polar surface area (TPSA) is 50.2 Å². The minimum Gasteiger partial charge on any atom is -0.354 e. The molecule has 1 amide bonds. The Kier molecular flexibility index (Phi) is 6.58. The van der Waals surface area contributed by atoms with E-state index in [1.807, 2.05) is 25.2 Å². The fourth-order valence-electron chi connectivity index (χ4n) is 2.35. The SMILES string of the molecule is CN(CCCNC(=O)Cn1ccc(C(F)(F)F)n1)Cc1ccccc1. The number of halogens is 3. The van der Waals surface area contributed by atoms with Gasteiger partial charge >= 0.3 is 6.18 Å². The van der Waals surface area contributed by atoms with Crippen LogP contribution in [0.3, 0.4) is 0 Å². The Hall–Kier alpha value is -2.35. The van der Waals surface area contributed by atoms with Gasteiger partial charge in [0.05, 0.1) is 0 Å². The van der Waals surface area contributed by atoms with E-state index in [0.29, 0.717) is 6.54 Å². The third-order valence-electron chi connectivity index (χ3n) is 3.57. The molecule has 0 atom stereocenters. The minimum atomic E-state index is -4.49. The number of nitrogens with zero attached hydrogens (tertiary/aromatic N) is 3. The largest absolute Gasteiger partial charge is 0.435 e. The standard InChI is InChI=1S/C17H21F3N4O/c1-23(12-14-6-3-2-4-7-14)10-5-9-21-16(25)13-24-11-8-15(22-24)17(18,19)20/h2-4,6-8,11H,5,9-10,12-13H2,1H3,(H,21,25). The minimum absolute atomic E-state index is 0.226. The van der Waals surface area contributed by atoms with Crippen LogP contribution < -0.4 is 5.32 Å². The molecule has 5 nitrogen and oxygen atoms in total. The molecule has 1 aromatic heterocycles. The predicted octanol–water partition coefficient (Wildman–Crippen LogP) is 2.54. The van der Waals surface area contributed by atoms with Crippen LogP contribution in [0.1, 0.15) is 17.7 Å². The first-order valence-electron chi connectivity index (χ1n) is 7.94. The van der Waals surface area contributed by atoms with Crippen LogP contribution in [0.2, 0.25) is 0 Å². The zero-order valence-corrected chi connectivity index (χ0v) is 14.0. The van der Waals surface area contributed by atoms with Crippen molar-refractivity contribution in [1.82, 2.24) is 20.0 Å². The van der Waals surface area contributed by atoms with Crippen LogP contribution in [0.15, 0.2) is 42.6 Å². The van der Waals surface area contributed by atoms with E-state index in [1.165, 1.54) is 5.56 Å². The van der Waals surface area contributed by atoms with Crippen molar-refractivity contribution in [3.8, 4) is 0 Å². The van der Waals surface area contributed by atoms with E-state index in [2.05, 4.69) is 27.4 Å². The maximum atomic E-state index is 12.4. The fourth-order valence-corrected chi connectivity index (χ4v) is 2.35. The zero-order valence-electron chi connectivity index (χ0n) is 14.0. The summed E-state index contributed by atoms with van der Waals surface area (Å²) in [4.78, 5) is 13.9. The van der Waals surface area contributed by atoms with Gasteiger partial charge in [-0.1, -0.05) is 30.3 Å². The molecule has 0 bridgehead atoms. The van der Waals surface area contributed by atoms with Crippen LogP contribution in [0, 0.1) is 0 Å². The molecule has 8 heteroatoms. The van der Waals surface area contributed by atoms with Gasteiger partial charge in [-0.05, 0) is 31.6 Å². The fraction of sp³-hybridized carbons (Fsp3) is 0.412. The van der Waals surface area contributed by atoms with Gasteiger partial charge in [-0.2, -0.15) is 18.3 Å². The lowest BCUT2D eigenvalue weighted by atomic mass is 10.2. The van der Waals surface area contributed by atoms with Crippen LogP contribution in [0.4, 0.5) is 13.2 Å². The lowest BCUT2D eigenvalue weighted by molar-refractivity contribution is -0.141. The van der Waals surface area contributed by atoms with Crippen LogP contribution in [-0.2, 0) is 24.1 Å². The van der Waals surface area contributed by atoms with E-state index in [0.717, 1.165) is 36.5 Å². The Morgan fingerprint density at radius 3 is 2.60 bits per heavy atom. The second kappa shape index (κ2) is 8.66. The highest BCUT2D eigenvalue weighted by molar-refractivity contribution is 5.75. The molecule has 0 aliphatic rings. The van der Waals surface area contributed by atoms with Gasteiger partial charge in [0.1, 0.15) is 6.54 Å². The van der Waals surface area contributed by atoms with Crippen molar-refractivity contribution in [2.45, 2.75) is 25.7 Å². The summed E-state index contributed by atoms with van der Waals surface area (Å²) in [7, 11) is 2.00. The van der Waals surface area contributed by atoms with E-state index in [1.54, 1.807) is 0 Å². The molecular formula is C17H21F3N4O. The number of carbonyl (C=O) groups is 1. The second-order valence-corrected chi connectivity index (χ2v) is 5.82. The Morgan fingerprint density at radius 2 is 1.96 bits per heavy atom. The van der Waals surface area contributed by atoms with E-state index in [4.69, 9.17) is 0 Å². The van der Waals surface area contributed by atoms with E-state index in [-0.39, 0.29) is 12.5 Å². The molecule has 0 saturated carbocycles. The molecule has 0 spiro atoms. The average Bonchev–Trinajstić information content (AvgIpc) is 3.01. The summed E-state index contributed by atoms with van der Waals surface area (Å²) in [6.07, 6.45) is -2.59. The molecule has 0 saturated heterocycles. The first-order chi connectivity index (χ1) is 11.8. The van der Waals surface area contributed by atoms with Crippen molar-refractivity contribution in [1.29, 1.82) is 0 Å². The molecule has 25 heavy (non-hydrogen) atoms. The van der Waals surface area contributed by atoms with Crippen molar-refractivity contribution >= 4 is 5.91 Å². The summed E-state index contributed by atoms with van der Waals surface area (Å²) < 4.78 is 38.3. The Balaban J connectivity index is 1.64. The van der Waals surface area contributed by atoms with E-state index >= 15 is 0 Å². The third kappa shape index (κ3) is 6.58. The number of hydrogen-bond acceptors (Lipinski definition) is 3. The number of benzene rings is 1. The van der Waals surface area contributed by atoms with Gasteiger partial charge in [0.15, 0.2) is 5.69 Å². The Bertz CT molecular complexity index is 670. The molecule has 136 valence electrons. The summed E-state index contributed by atoms with van der Waals surface area (Å²) in [5, 5.41) is 6.04. The van der Waals surface area contributed by atoms with Gasteiger partial charge in [0.25, 0.3) is 0 Å². The number of nitrogens with one attached hydrogen (secondary N) is 1. The lowest BCUT2D eigenvalue weighted by Crippen LogP contribution is -2.31. The molecular weight excluding hydrogens is 333 g/mol. The maximum Gasteiger partial charge on any atom is 0.435 e. The molecule has 1 aromatic carbocycles. The summed E-state index contributed by atoms with van der Waals surface area (Å²) >= 11 is 0. The van der Waals surface area contributed by atoms with Crippen LogP contribution >= 0.6 is 0 Å². The Morgan fingerprint density at radius 1 is 1.24 bits per heavy atom. The molecule has 2 rings (SSSR count). The predicted molar refractivity (Wildman–Crippen MR) is 87.6 cm³/mol. The normalized spacial score (nSPS) is 11.7. The summed E-state index contributed by atoms with van der Waals surface area (Å²) in [6.45, 7) is 1.86. The number of alkyl halides is 3. The van der Waals surface area contributed by atoms with Crippen molar-refractivity contribution in [3.05, 3.63) is 53.9 Å². The van der Waals surface area contributed by atoms with E-state index < -0.39 is 11.9 Å². The molecule has 0 unspecified atom stereocenters. The first kappa shape index (κ1) is 19.0. The molecule has 0 aliphatic heterocycles. The van der Waals surface area contributed by atoms with Gasteiger partial charge in [0.2, 0.25) is 5.91 Å². The third-order valence-corrected chi connectivity index (χ3v) is 3.57. The van der Waals surface area contributed by atoms with Gasteiger partial charge in [0, 0.05) is 19.3 Å². The Labute approximate surface area is 144 Å². The highest BCUT2D eigenvalue weighted by Gasteiger charge is 2.33. The second-order valence-electron chi connectivity index (χ2n) is 5.82. The van der Waals surface area contributed by atoms with Gasteiger partial charge in [-0.25, -0.2) is 0 Å². The quantitative estimate of drug-likeness (QED) is 0.741. The number of rotatable bonds is 8. The van der Waals surface area contributed by atoms with Crippen LogP contribution in [-0.4, -0.2) is 40.7 Å². The number of aromatic nitrogens is 2. The molecule has 1 N–H and O–H groups in total. The van der Waals surface area contributed by atoms with Crippen molar-refractivity contribution in [2.75, 3.05) is 20.1 Å². The van der Waals surface area contributed by atoms with Gasteiger partial charge < -0.3 is 10.2 Å². The molecule has 2 aromatic rings. The highest BCUT2D eigenvalue weighted by Crippen LogP contribution is 2.27. The molecule has 1 heterocycles. The average molecular weight is 354 g/mol. The maximum absolute atomic E-state index is 12.4. The van der Waals surface area contributed by atoms with Gasteiger partial charge in [-0.15, -0.1) is 0 Å². The summed E-state index contributed by atoms with van der Waals surface area (Å²) in [6, 6.07) is 10.9. The van der Waals surface area contributed by atoms with Crippen LogP contribution in [0.5, 0.6) is 0 Å². The first-order valence-corrected chi connectivity index (χ1v) is 7.94. The van der Waals surface area contributed by atoms with Crippen molar-refractivity contribution in [2.24, 2.45) is 0 Å². The number of carbonyl (C=O) groups excluding carboxylic acids is 1. The van der Waals surface area contributed by atoms with Crippen molar-refractivity contribution < 1.29 is 18.0 Å². The smallest absolute Gasteiger partial charge is 0.354 e. The molecule has 0 fully saturated rings. The highest BCUT2D eigenvalue weighted by atomic mass is 19.4. The number of amides is 1. The zero-order chi connectivity index (χ0) is 18.3. The van der Waals surface area contributed by atoms with Crippen molar-refractivity contribution in [3.63, 3.8) is 0 Å². The van der Waals surface area contributed by atoms with E-state index in [9.17, 15) is 18.0 Å². The molecule has 0 aliphatic carbocycles. The molecule has 0 radical (unpaired) electrons.